The van der Waals surface area contributed by atoms with E-state index in [0.29, 0.717) is 10.8 Å². The molecule has 1 heterocycles. The molecule has 0 unspecified atom stereocenters. The first kappa shape index (κ1) is 15.3. The van der Waals surface area contributed by atoms with Crippen molar-refractivity contribution in [1.29, 1.82) is 0 Å². The van der Waals surface area contributed by atoms with Gasteiger partial charge >= 0.3 is 0 Å². The zero-order valence-electron chi connectivity index (χ0n) is 12.6. The van der Waals surface area contributed by atoms with Gasteiger partial charge in [-0.25, -0.2) is 4.98 Å². The molecule has 1 aromatic carbocycles. The van der Waals surface area contributed by atoms with E-state index in [9.17, 15) is 4.79 Å². The normalized spacial score (nSPS) is 10.3. The van der Waals surface area contributed by atoms with Gasteiger partial charge in [-0.3, -0.25) is 4.79 Å². The van der Waals surface area contributed by atoms with Crippen molar-refractivity contribution in [3.05, 3.63) is 52.2 Å². The Balaban J connectivity index is 2.39. The van der Waals surface area contributed by atoms with E-state index in [1.54, 1.807) is 31.1 Å². The van der Waals surface area contributed by atoms with Gasteiger partial charge in [0.15, 0.2) is 0 Å². The summed E-state index contributed by atoms with van der Waals surface area (Å²) < 4.78 is 0. The highest BCUT2D eigenvalue weighted by molar-refractivity contribution is 6.34. The summed E-state index contributed by atoms with van der Waals surface area (Å²) in [7, 11) is 3.47. The van der Waals surface area contributed by atoms with Crippen LogP contribution in [-0.4, -0.2) is 25.0 Å². The third kappa shape index (κ3) is 3.16. The van der Waals surface area contributed by atoms with Crippen LogP contribution in [0, 0.1) is 13.8 Å². The minimum absolute atomic E-state index is 0.232. The number of nitrogens with one attached hydrogen (secondary N) is 1. The molecule has 0 atom stereocenters. The Morgan fingerprint density at radius 1 is 1.24 bits per heavy atom. The number of carbonyl (C=O) groups is 1. The van der Waals surface area contributed by atoms with E-state index in [-0.39, 0.29) is 11.6 Å². The number of nitrogens with zero attached hydrogens (tertiary/aromatic N) is 2. The largest absolute Gasteiger partial charge is 0.373 e. The van der Waals surface area contributed by atoms with Crippen molar-refractivity contribution >= 4 is 29.0 Å². The smallest absolute Gasteiger partial charge is 0.278 e. The van der Waals surface area contributed by atoms with Crippen molar-refractivity contribution in [2.45, 2.75) is 13.8 Å². The molecular weight excluding hydrogens is 286 g/mol. The Labute approximate surface area is 129 Å². The number of aryl methyl sites for hydroxylation is 2. The maximum atomic E-state index is 12.6. The average Bonchev–Trinajstić information content (AvgIpc) is 2.46. The predicted molar refractivity (Wildman–Crippen MR) is 87.4 cm³/mol. The first-order valence-corrected chi connectivity index (χ1v) is 7.01. The molecule has 1 N–H and O–H groups in total. The van der Waals surface area contributed by atoms with Crippen LogP contribution in [0.5, 0.6) is 0 Å². The standard InChI is InChI=1S/C16H18ClN3O/c1-10-5-7-13(11(2)9-10)20(4)16(21)15-12(17)6-8-14(18-3)19-15/h5-9H,1-4H3,(H,18,19). The fraction of sp³-hybridized carbons (Fsp3) is 0.250. The van der Waals surface area contributed by atoms with Crippen LogP contribution in [0.15, 0.2) is 30.3 Å². The number of aromatic nitrogens is 1. The number of carbonyl (C=O) groups excluding carboxylic acids is 1. The summed E-state index contributed by atoms with van der Waals surface area (Å²) in [5.41, 5.74) is 3.28. The van der Waals surface area contributed by atoms with Gasteiger partial charge in [0.25, 0.3) is 5.91 Å². The number of rotatable bonds is 3. The fourth-order valence-electron chi connectivity index (χ4n) is 2.18. The van der Waals surface area contributed by atoms with Crippen molar-refractivity contribution in [2.75, 3.05) is 24.3 Å². The Hall–Kier alpha value is -2.07. The SMILES string of the molecule is CNc1ccc(Cl)c(C(=O)N(C)c2ccc(C)cc2C)n1. The molecule has 0 fully saturated rings. The molecule has 0 aliphatic carbocycles. The Morgan fingerprint density at radius 3 is 2.57 bits per heavy atom. The molecule has 0 aliphatic heterocycles. The first-order valence-electron chi connectivity index (χ1n) is 6.63. The molecule has 0 saturated carbocycles. The zero-order chi connectivity index (χ0) is 15.6. The second kappa shape index (κ2) is 6.14. The van der Waals surface area contributed by atoms with Gasteiger partial charge in [-0.05, 0) is 37.6 Å². The molecule has 5 heteroatoms. The number of hydrogen-bond acceptors (Lipinski definition) is 3. The lowest BCUT2D eigenvalue weighted by atomic mass is 10.1. The van der Waals surface area contributed by atoms with E-state index >= 15 is 0 Å². The summed E-state index contributed by atoms with van der Waals surface area (Å²) in [4.78, 5) is 18.4. The predicted octanol–water partition coefficient (Wildman–Crippen LogP) is 3.67. The second-order valence-electron chi connectivity index (χ2n) is 4.93. The molecule has 0 spiro atoms. The lowest BCUT2D eigenvalue weighted by molar-refractivity contribution is 0.0988. The van der Waals surface area contributed by atoms with E-state index < -0.39 is 0 Å². The molecule has 0 aliphatic rings. The van der Waals surface area contributed by atoms with Crippen LogP contribution in [0.2, 0.25) is 5.02 Å². The van der Waals surface area contributed by atoms with Crippen LogP contribution in [0.1, 0.15) is 21.6 Å². The van der Waals surface area contributed by atoms with E-state index in [4.69, 9.17) is 11.6 Å². The summed E-state index contributed by atoms with van der Waals surface area (Å²) in [5.74, 6) is 0.376. The number of benzene rings is 1. The Kier molecular flexibility index (Phi) is 4.48. The molecule has 0 bridgehead atoms. The topological polar surface area (TPSA) is 45.2 Å². The van der Waals surface area contributed by atoms with E-state index in [1.807, 2.05) is 32.0 Å². The summed E-state index contributed by atoms with van der Waals surface area (Å²) in [5, 5.41) is 3.25. The average molecular weight is 304 g/mol. The molecular formula is C16H18ClN3O. The minimum Gasteiger partial charge on any atom is -0.373 e. The van der Waals surface area contributed by atoms with Crippen molar-refractivity contribution in [3.8, 4) is 0 Å². The lowest BCUT2D eigenvalue weighted by Crippen LogP contribution is -2.28. The van der Waals surface area contributed by atoms with E-state index in [1.165, 1.54) is 0 Å². The van der Waals surface area contributed by atoms with Crippen LogP contribution in [0.4, 0.5) is 11.5 Å². The van der Waals surface area contributed by atoms with Gasteiger partial charge < -0.3 is 10.2 Å². The Bertz CT molecular complexity index is 685. The fourth-order valence-corrected chi connectivity index (χ4v) is 2.37. The van der Waals surface area contributed by atoms with Crippen LogP contribution < -0.4 is 10.2 Å². The molecule has 1 amide bonds. The zero-order valence-corrected chi connectivity index (χ0v) is 13.3. The molecule has 0 radical (unpaired) electrons. The quantitative estimate of drug-likeness (QED) is 0.941. The Morgan fingerprint density at radius 2 is 1.95 bits per heavy atom. The van der Waals surface area contributed by atoms with Gasteiger partial charge in [0, 0.05) is 19.8 Å². The van der Waals surface area contributed by atoms with E-state index in [2.05, 4.69) is 10.3 Å². The molecule has 1 aromatic heterocycles. The molecule has 4 nitrogen and oxygen atoms in total. The lowest BCUT2D eigenvalue weighted by Gasteiger charge is -2.20. The molecule has 2 aromatic rings. The van der Waals surface area contributed by atoms with Gasteiger partial charge in [0.2, 0.25) is 0 Å². The number of hydrogen-bond donors (Lipinski definition) is 1. The second-order valence-corrected chi connectivity index (χ2v) is 5.34. The first-order chi connectivity index (χ1) is 9.93. The maximum absolute atomic E-state index is 12.6. The third-order valence-electron chi connectivity index (χ3n) is 3.32. The number of amides is 1. The van der Waals surface area contributed by atoms with Crippen molar-refractivity contribution in [2.24, 2.45) is 0 Å². The maximum Gasteiger partial charge on any atom is 0.278 e. The van der Waals surface area contributed by atoms with Crippen LogP contribution >= 0.6 is 11.6 Å². The van der Waals surface area contributed by atoms with Crippen LogP contribution in [0.25, 0.3) is 0 Å². The summed E-state index contributed by atoms with van der Waals surface area (Å²) in [6.45, 7) is 4.00. The summed E-state index contributed by atoms with van der Waals surface area (Å²) in [6.07, 6.45) is 0. The highest BCUT2D eigenvalue weighted by atomic mass is 35.5. The van der Waals surface area contributed by atoms with Crippen molar-refractivity contribution in [1.82, 2.24) is 4.98 Å². The molecule has 2 rings (SSSR count). The molecule has 0 saturated heterocycles. The van der Waals surface area contributed by atoms with Crippen molar-refractivity contribution < 1.29 is 4.79 Å². The third-order valence-corrected chi connectivity index (χ3v) is 3.63. The van der Waals surface area contributed by atoms with Crippen LogP contribution in [-0.2, 0) is 0 Å². The highest BCUT2D eigenvalue weighted by Gasteiger charge is 2.20. The number of halogens is 1. The number of pyridine rings is 1. The molecule has 21 heavy (non-hydrogen) atoms. The minimum atomic E-state index is -0.232. The monoisotopic (exact) mass is 303 g/mol. The number of anilines is 2. The van der Waals surface area contributed by atoms with Gasteiger partial charge in [0.05, 0.1) is 5.02 Å². The van der Waals surface area contributed by atoms with Gasteiger partial charge in [0.1, 0.15) is 11.5 Å². The van der Waals surface area contributed by atoms with Crippen LogP contribution in [0.3, 0.4) is 0 Å². The summed E-state index contributed by atoms with van der Waals surface area (Å²) >= 11 is 6.11. The van der Waals surface area contributed by atoms with Gasteiger partial charge in [-0.1, -0.05) is 29.3 Å². The van der Waals surface area contributed by atoms with Crippen molar-refractivity contribution in [3.63, 3.8) is 0 Å². The highest BCUT2D eigenvalue weighted by Crippen LogP contribution is 2.24. The van der Waals surface area contributed by atoms with E-state index in [0.717, 1.165) is 16.8 Å². The van der Waals surface area contributed by atoms with Gasteiger partial charge in [-0.2, -0.15) is 0 Å². The summed E-state index contributed by atoms with van der Waals surface area (Å²) in [6, 6.07) is 9.35. The molecule has 110 valence electrons. The van der Waals surface area contributed by atoms with Gasteiger partial charge in [-0.15, -0.1) is 0 Å².